The average molecular weight is 384 g/mol. The Morgan fingerprint density at radius 3 is 2.11 bits per heavy atom. The van der Waals surface area contributed by atoms with Crippen molar-refractivity contribution < 1.29 is 18.4 Å². The van der Waals surface area contributed by atoms with Gasteiger partial charge in [-0.05, 0) is 35.6 Å². The summed E-state index contributed by atoms with van der Waals surface area (Å²) >= 11 is 0. The molecule has 0 radical (unpaired) electrons. The molecule has 0 spiro atoms. The van der Waals surface area contributed by atoms with E-state index in [1.54, 1.807) is 0 Å². The maximum absolute atomic E-state index is 13.7. The van der Waals surface area contributed by atoms with Crippen molar-refractivity contribution in [3.8, 4) is 0 Å². The third-order valence-electron chi connectivity index (χ3n) is 4.73. The summed E-state index contributed by atoms with van der Waals surface area (Å²) in [5, 5.41) is 2.64. The lowest BCUT2D eigenvalue weighted by Crippen LogP contribution is -2.31. The van der Waals surface area contributed by atoms with E-state index in [9.17, 15) is 18.4 Å². The number of benzene rings is 2. The number of carbonyl (C=O) groups excluding carboxylic acids is 2. The predicted octanol–water partition coefficient (Wildman–Crippen LogP) is 4.44. The zero-order valence-electron chi connectivity index (χ0n) is 16.3. The van der Waals surface area contributed by atoms with Crippen LogP contribution in [-0.4, -0.2) is 16.7 Å². The van der Waals surface area contributed by atoms with Crippen molar-refractivity contribution in [3.05, 3.63) is 76.5 Å². The number of imide groups is 1. The molecule has 0 saturated carbocycles. The molecule has 6 heteroatoms. The van der Waals surface area contributed by atoms with Gasteiger partial charge in [-0.3, -0.25) is 14.5 Å². The molecular formula is C22H22F2N2O2. The minimum Gasteiger partial charge on any atom is -0.351 e. The summed E-state index contributed by atoms with van der Waals surface area (Å²) in [7, 11) is 0. The van der Waals surface area contributed by atoms with Crippen molar-refractivity contribution in [2.24, 2.45) is 0 Å². The van der Waals surface area contributed by atoms with Crippen LogP contribution < -0.4 is 5.32 Å². The van der Waals surface area contributed by atoms with E-state index in [1.807, 2.05) is 24.3 Å². The van der Waals surface area contributed by atoms with Crippen molar-refractivity contribution in [1.82, 2.24) is 4.90 Å². The highest BCUT2D eigenvalue weighted by molar-refractivity contribution is 6.17. The number of hydrogen-bond donors (Lipinski definition) is 1. The molecule has 1 N–H and O–H groups in total. The minimum atomic E-state index is -0.726. The molecule has 2 aromatic carbocycles. The molecule has 0 unspecified atom stereocenters. The monoisotopic (exact) mass is 384 g/mol. The van der Waals surface area contributed by atoms with Gasteiger partial charge in [-0.2, -0.15) is 0 Å². The number of amides is 2. The Labute approximate surface area is 162 Å². The van der Waals surface area contributed by atoms with Gasteiger partial charge in [0, 0.05) is 17.3 Å². The minimum absolute atomic E-state index is 0.00897. The molecule has 1 aliphatic heterocycles. The number of anilines is 1. The zero-order chi connectivity index (χ0) is 20.6. The predicted molar refractivity (Wildman–Crippen MR) is 103 cm³/mol. The molecule has 0 fully saturated rings. The molecule has 146 valence electrons. The summed E-state index contributed by atoms with van der Waals surface area (Å²) in [5.41, 5.74) is 1.93. The Bertz CT molecular complexity index is 950. The fraction of sp³-hybridized carbons (Fsp3) is 0.273. The van der Waals surface area contributed by atoms with E-state index >= 15 is 0 Å². The van der Waals surface area contributed by atoms with E-state index in [-0.39, 0.29) is 28.9 Å². The molecule has 4 nitrogen and oxygen atoms in total. The van der Waals surface area contributed by atoms with Crippen LogP contribution in [0.25, 0.3) is 0 Å². The van der Waals surface area contributed by atoms with Crippen LogP contribution in [0.5, 0.6) is 0 Å². The van der Waals surface area contributed by atoms with Gasteiger partial charge in [0.1, 0.15) is 17.3 Å². The van der Waals surface area contributed by atoms with Gasteiger partial charge in [0.25, 0.3) is 11.8 Å². The van der Waals surface area contributed by atoms with Gasteiger partial charge in [0.05, 0.1) is 6.54 Å². The molecule has 0 aliphatic carbocycles. The molecule has 2 aromatic rings. The van der Waals surface area contributed by atoms with Crippen LogP contribution in [-0.2, 0) is 21.5 Å². The maximum atomic E-state index is 13.7. The molecule has 0 saturated heterocycles. The van der Waals surface area contributed by atoms with Crippen LogP contribution in [0.3, 0.4) is 0 Å². The first-order valence-corrected chi connectivity index (χ1v) is 8.96. The molecule has 0 bridgehead atoms. The van der Waals surface area contributed by atoms with E-state index in [1.165, 1.54) is 6.92 Å². The Hall–Kier alpha value is -3.02. The van der Waals surface area contributed by atoms with E-state index in [0.29, 0.717) is 0 Å². The molecule has 2 amide bonds. The Kier molecular flexibility index (Phi) is 5.06. The van der Waals surface area contributed by atoms with Crippen LogP contribution >= 0.6 is 0 Å². The van der Waals surface area contributed by atoms with E-state index < -0.39 is 23.4 Å². The van der Waals surface area contributed by atoms with Crippen LogP contribution in [0.4, 0.5) is 14.5 Å². The lowest BCUT2D eigenvalue weighted by atomic mass is 9.87. The molecule has 1 aliphatic rings. The van der Waals surface area contributed by atoms with E-state index in [0.717, 1.165) is 34.2 Å². The largest absolute Gasteiger partial charge is 0.351 e. The molecule has 0 atom stereocenters. The lowest BCUT2D eigenvalue weighted by molar-refractivity contribution is -0.137. The Morgan fingerprint density at radius 1 is 1.00 bits per heavy atom. The van der Waals surface area contributed by atoms with Gasteiger partial charge < -0.3 is 5.32 Å². The normalized spacial score (nSPS) is 14.5. The number of rotatable bonds is 4. The summed E-state index contributed by atoms with van der Waals surface area (Å²) in [5.74, 6) is -2.46. The third kappa shape index (κ3) is 3.96. The van der Waals surface area contributed by atoms with Crippen LogP contribution in [0, 0.1) is 18.6 Å². The SMILES string of the molecule is Cc1c(F)cc(NC2=CC(=O)N(Cc3ccc(C(C)(C)C)cc3)C2=O)cc1F. The van der Waals surface area contributed by atoms with Gasteiger partial charge in [0.2, 0.25) is 0 Å². The number of hydrogen-bond acceptors (Lipinski definition) is 3. The fourth-order valence-corrected chi connectivity index (χ4v) is 2.91. The number of halogens is 2. The van der Waals surface area contributed by atoms with Crippen molar-refractivity contribution in [3.63, 3.8) is 0 Å². The molecular weight excluding hydrogens is 362 g/mol. The first-order chi connectivity index (χ1) is 13.1. The zero-order valence-corrected chi connectivity index (χ0v) is 16.3. The molecule has 28 heavy (non-hydrogen) atoms. The smallest absolute Gasteiger partial charge is 0.277 e. The summed E-state index contributed by atoms with van der Waals surface area (Å²) < 4.78 is 27.4. The Balaban J connectivity index is 1.73. The molecule has 1 heterocycles. The quantitative estimate of drug-likeness (QED) is 0.793. The Morgan fingerprint density at radius 2 is 1.57 bits per heavy atom. The van der Waals surface area contributed by atoms with Gasteiger partial charge in [-0.25, -0.2) is 8.78 Å². The molecule has 3 rings (SSSR count). The first kappa shape index (κ1) is 19.7. The number of nitrogens with one attached hydrogen (secondary N) is 1. The van der Waals surface area contributed by atoms with E-state index in [2.05, 4.69) is 26.1 Å². The maximum Gasteiger partial charge on any atom is 0.277 e. The summed E-state index contributed by atoms with van der Waals surface area (Å²) in [6, 6.07) is 9.90. The van der Waals surface area contributed by atoms with Crippen molar-refractivity contribution in [2.75, 3.05) is 5.32 Å². The van der Waals surface area contributed by atoms with Gasteiger partial charge >= 0.3 is 0 Å². The molecule has 0 aromatic heterocycles. The second-order valence-electron chi connectivity index (χ2n) is 7.92. The summed E-state index contributed by atoms with van der Waals surface area (Å²) in [4.78, 5) is 25.9. The van der Waals surface area contributed by atoms with Crippen LogP contribution in [0.2, 0.25) is 0 Å². The highest BCUT2D eigenvalue weighted by Crippen LogP contribution is 2.25. The second kappa shape index (κ2) is 7.19. The second-order valence-corrected chi connectivity index (χ2v) is 7.92. The number of nitrogens with zero attached hydrogens (tertiary/aromatic N) is 1. The van der Waals surface area contributed by atoms with Crippen molar-refractivity contribution >= 4 is 17.5 Å². The van der Waals surface area contributed by atoms with Gasteiger partial charge in [-0.15, -0.1) is 0 Å². The lowest BCUT2D eigenvalue weighted by Gasteiger charge is -2.20. The number of carbonyl (C=O) groups is 2. The van der Waals surface area contributed by atoms with Crippen LogP contribution in [0.1, 0.15) is 37.5 Å². The highest BCUT2D eigenvalue weighted by atomic mass is 19.1. The average Bonchev–Trinajstić information content (AvgIpc) is 2.87. The topological polar surface area (TPSA) is 49.4 Å². The standard InChI is InChI=1S/C22H22F2N2O2/c1-13-17(23)9-16(10-18(13)24)25-19-11-20(27)26(21(19)28)12-14-5-7-15(8-6-14)22(2,3)4/h5-11,25H,12H2,1-4H3. The van der Waals surface area contributed by atoms with Gasteiger partial charge in [-0.1, -0.05) is 45.0 Å². The third-order valence-corrected chi connectivity index (χ3v) is 4.73. The van der Waals surface area contributed by atoms with E-state index in [4.69, 9.17) is 0 Å². The first-order valence-electron chi connectivity index (χ1n) is 8.96. The van der Waals surface area contributed by atoms with Crippen molar-refractivity contribution in [2.45, 2.75) is 39.7 Å². The van der Waals surface area contributed by atoms with Crippen molar-refractivity contribution in [1.29, 1.82) is 0 Å². The fourth-order valence-electron chi connectivity index (χ4n) is 2.91. The summed E-state index contributed by atoms with van der Waals surface area (Å²) in [6.07, 6.45) is 1.14. The summed E-state index contributed by atoms with van der Waals surface area (Å²) in [6.45, 7) is 7.77. The van der Waals surface area contributed by atoms with Gasteiger partial charge in [0.15, 0.2) is 0 Å². The highest BCUT2D eigenvalue weighted by Gasteiger charge is 2.31. The van der Waals surface area contributed by atoms with Crippen LogP contribution in [0.15, 0.2) is 48.2 Å².